The number of carbonyl (C=O) groups excluding carboxylic acids is 2. The van der Waals surface area contributed by atoms with Crippen molar-refractivity contribution in [2.75, 3.05) is 7.11 Å². The minimum Gasteiger partial charge on any atom is -0.462 e. The van der Waals surface area contributed by atoms with Gasteiger partial charge in [-0.15, -0.1) is 0 Å². The second-order valence-electron chi connectivity index (χ2n) is 4.37. The Kier molecular flexibility index (Phi) is 5.12. The first kappa shape index (κ1) is 14.5. The van der Waals surface area contributed by atoms with E-state index in [1.165, 1.54) is 21.0 Å². The van der Waals surface area contributed by atoms with Crippen molar-refractivity contribution in [2.24, 2.45) is 11.1 Å². The third kappa shape index (κ3) is 4.01. The lowest BCUT2D eigenvalue weighted by atomic mass is 9.84. The summed E-state index contributed by atoms with van der Waals surface area (Å²) in [5, 5.41) is 3.91. The van der Waals surface area contributed by atoms with Crippen molar-refractivity contribution < 1.29 is 23.9 Å². The Balaban J connectivity index is 2.80. The Morgan fingerprint density at radius 1 is 1.22 bits per heavy atom. The van der Waals surface area contributed by atoms with Crippen molar-refractivity contribution in [1.29, 1.82) is 0 Å². The van der Waals surface area contributed by atoms with E-state index in [9.17, 15) is 9.59 Å². The molecule has 0 saturated heterocycles. The molecular formula is C12H19NO5. The van der Waals surface area contributed by atoms with E-state index in [0.29, 0.717) is 12.8 Å². The predicted octanol–water partition coefficient (Wildman–Crippen LogP) is 1.28. The van der Waals surface area contributed by atoms with Crippen LogP contribution in [-0.4, -0.2) is 37.0 Å². The van der Waals surface area contributed by atoms with Gasteiger partial charge in [0.05, 0.1) is 5.71 Å². The topological polar surface area (TPSA) is 74.2 Å². The van der Waals surface area contributed by atoms with E-state index in [2.05, 4.69) is 5.16 Å². The molecule has 0 N–H and O–H groups in total. The number of rotatable bonds is 3. The van der Waals surface area contributed by atoms with Gasteiger partial charge in [-0.3, -0.25) is 9.59 Å². The summed E-state index contributed by atoms with van der Waals surface area (Å²) in [4.78, 5) is 26.8. The zero-order chi connectivity index (χ0) is 13.7. The van der Waals surface area contributed by atoms with Crippen molar-refractivity contribution in [1.82, 2.24) is 0 Å². The summed E-state index contributed by atoms with van der Waals surface area (Å²) in [6, 6.07) is 0. The van der Waals surface area contributed by atoms with Gasteiger partial charge < -0.3 is 14.3 Å². The molecule has 1 aliphatic carbocycles. The molecule has 0 radical (unpaired) electrons. The van der Waals surface area contributed by atoms with E-state index in [1.54, 1.807) is 0 Å². The van der Waals surface area contributed by atoms with E-state index >= 15 is 0 Å². The van der Waals surface area contributed by atoms with Gasteiger partial charge in [-0.1, -0.05) is 12.1 Å². The predicted molar refractivity (Wildman–Crippen MR) is 64.0 cm³/mol. The standard InChI is InChI=1S/C12H19NO5/c1-7-11(13-16-4)5-10(17-8(2)14)6-12(7)18-9(3)15/h7,10,12H,5-6H2,1-4H3/t7?,10-,12+/m1/s1. The molecule has 18 heavy (non-hydrogen) atoms. The van der Waals surface area contributed by atoms with Gasteiger partial charge in [-0.2, -0.15) is 0 Å². The lowest BCUT2D eigenvalue weighted by Crippen LogP contribution is -2.41. The Bertz CT molecular complexity index is 352. The first-order valence-electron chi connectivity index (χ1n) is 5.88. The van der Waals surface area contributed by atoms with Gasteiger partial charge in [-0.05, 0) is 0 Å². The third-order valence-electron chi connectivity index (χ3n) is 2.87. The monoisotopic (exact) mass is 257 g/mol. The highest BCUT2D eigenvalue weighted by Crippen LogP contribution is 2.27. The van der Waals surface area contributed by atoms with E-state index < -0.39 is 0 Å². The lowest BCUT2D eigenvalue weighted by molar-refractivity contribution is -0.155. The minimum atomic E-state index is -0.355. The second-order valence-corrected chi connectivity index (χ2v) is 4.37. The number of hydrogen-bond donors (Lipinski definition) is 0. The number of oxime groups is 1. The summed E-state index contributed by atoms with van der Waals surface area (Å²) in [7, 11) is 1.45. The van der Waals surface area contributed by atoms with Crippen LogP contribution in [0.5, 0.6) is 0 Å². The van der Waals surface area contributed by atoms with Gasteiger partial charge in [0.2, 0.25) is 0 Å². The van der Waals surface area contributed by atoms with Crippen LogP contribution in [0.1, 0.15) is 33.6 Å². The van der Waals surface area contributed by atoms with Crippen LogP contribution in [0.3, 0.4) is 0 Å². The highest BCUT2D eigenvalue weighted by atomic mass is 16.6. The lowest BCUT2D eigenvalue weighted by Gasteiger charge is -2.33. The first-order valence-corrected chi connectivity index (χ1v) is 5.88. The number of hydrogen-bond acceptors (Lipinski definition) is 6. The zero-order valence-corrected chi connectivity index (χ0v) is 11.1. The van der Waals surface area contributed by atoms with Gasteiger partial charge in [0, 0.05) is 32.6 Å². The summed E-state index contributed by atoms with van der Waals surface area (Å²) < 4.78 is 10.4. The zero-order valence-electron chi connectivity index (χ0n) is 11.1. The Morgan fingerprint density at radius 2 is 1.83 bits per heavy atom. The van der Waals surface area contributed by atoms with Crippen LogP contribution in [0.2, 0.25) is 0 Å². The first-order chi connectivity index (χ1) is 8.43. The highest BCUT2D eigenvalue weighted by molar-refractivity contribution is 5.88. The Morgan fingerprint density at radius 3 is 2.33 bits per heavy atom. The summed E-state index contributed by atoms with van der Waals surface area (Å²) in [5.74, 6) is -0.749. The quantitative estimate of drug-likeness (QED) is 0.562. The van der Waals surface area contributed by atoms with Crippen molar-refractivity contribution in [3.05, 3.63) is 0 Å². The summed E-state index contributed by atoms with van der Waals surface area (Å²) in [5.41, 5.74) is 0.737. The average molecular weight is 257 g/mol. The fraction of sp³-hybridized carbons (Fsp3) is 0.750. The summed E-state index contributed by atoms with van der Waals surface area (Å²) >= 11 is 0. The largest absolute Gasteiger partial charge is 0.462 e. The molecule has 0 amide bonds. The maximum atomic E-state index is 11.0. The normalized spacial score (nSPS) is 29.8. The molecule has 1 unspecified atom stereocenters. The molecule has 0 heterocycles. The van der Waals surface area contributed by atoms with Crippen molar-refractivity contribution >= 4 is 17.7 Å². The smallest absolute Gasteiger partial charge is 0.302 e. The van der Waals surface area contributed by atoms with Crippen LogP contribution in [0, 0.1) is 5.92 Å². The molecule has 0 aromatic carbocycles. The molecule has 0 aromatic rings. The highest BCUT2D eigenvalue weighted by Gasteiger charge is 2.36. The fourth-order valence-corrected chi connectivity index (χ4v) is 2.11. The molecule has 0 spiro atoms. The summed E-state index contributed by atoms with van der Waals surface area (Å²) in [6.07, 6.45) is 0.335. The molecule has 1 saturated carbocycles. The van der Waals surface area contributed by atoms with E-state index in [4.69, 9.17) is 14.3 Å². The molecular weight excluding hydrogens is 238 g/mol. The van der Waals surface area contributed by atoms with Gasteiger partial charge in [0.1, 0.15) is 19.3 Å². The molecule has 6 nitrogen and oxygen atoms in total. The van der Waals surface area contributed by atoms with Crippen LogP contribution in [0.15, 0.2) is 5.16 Å². The molecule has 1 fully saturated rings. The fourth-order valence-electron chi connectivity index (χ4n) is 2.11. The van der Waals surface area contributed by atoms with Crippen LogP contribution < -0.4 is 0 Å². The number of ether oxygens (including phenoxy) is 2. The maximum absolute atomic E-state index is 11.0. The maximum Gasteiger partial charge on any atom is 0.302 e. The van der Waals surface area contributed by atoms with Crippen molar-refractivity contribution in [2.45, 2.75) is 45.8 Å². The third-order valence-corrected chi connectivity index (χ3v) is 2.87. The second kappa shape index (κ2) is 6.37. The van der Waals surface area contributed by atoms with Gasteiger partial charge in [-0.25, -0.2) is 0 Å². The van der Waals surface area contributed by atoms with Crippen molar-refractivity contribution in [3.8, 4) is 0 Å². The SMILES string of the molecule is CON=C1C[C@@H](OC(C)=O)C[C@H](OC(C)=O)C1C. The molecule has 3 atom stereocenters. The molecule has 0 bridgehead atoms. The van der Waals surface area contributed by atoms with Crippen LogP contribution in [0.25, 0.3) is 0 Å². The number of carbonyl (C=O) groups is 2. The van der Waals surface area contributed by atoms with Crippen LogP contribution in [-0.2, 0) is 23.9 Å². The molecule has 0 aromatic heterocycles. The number of nitrogens with zero attached hydrogens (tertiary/aromatic N) is 1. The summed E-state index contributed by atoms with van der Waals surface area (Å²) in [6.45, 7) is 4.62. The van der Waals surface area contributed by atoms with E-state index in [0.717, 1.165) is 5.71 Å². The van der Waals surface area contributed by atoms with Crippen LogP contribution >= 0.6 is 0 Å². The molecule has 6 heteroatoms. The van der Waals surface area contributed by atoms with Gasteiger partial charge >= 0.3 is 11.9 Å². The van der Waals surface area contributed by atoms with E-state index in [-0.39, 0.29) is 30.1 Å². The molecule has 1 rings (SSSR count). The van der Waals surface area contributed by atoms with Crippen LogP contribution in [0.4, 0.5) is 0 Å². The Labute approximate surface area is 106 Å². The van der Waals surface area contributed by atoms with Gasteiger partial charge in [0.15, 0.2) is 0 Å². The van der Waals surface area contributed by atoms with Crippen molar-refractivity contribution in [3.63, 3.8) is 0 Å². The minimum absolute atomic E-state index is 0.0411. The number of esters is 2. The molecule has 0 aliphatic heterocycles. The average Bonchev–Trinajstić information content (AvgIpc) is 2.23. The molecule has 102 valence electrons. The van der Waals surface area contributed by atoms with E-state index in [1.807, 2.05) is 6.92 Å². The molecule has 1 aliphatic rings. The Hall–Kier alpha value is -1.59. The van der Waals surface area contributed by atoms with Gasteiger partial charge in [0.25, 0.3) is 0 Å².